The molecular weight excluding hydrogens is 603 g/mol. The molecule has 0 bridgehead atoms. The first kappa shape index (κ1) is 23.3. The fourth-order valence-corrected chi connectivity index (χ4v) is 8.37. The number of carbonyl (C=O) groups excluding carboxylic acids is 1. The van der Waals surface area contributed by atoms with Gasteiger partial charge in [-0.05, 0) is 47.9 Å². The van der Waals surface area contributed by atoms with Crippen LogP contribution in [0.1, 0.15) is 13.8 Å². The number of nitrogens with zero attached hydrogens (tertiary/aromatic N) is 1. The molecule has 1 aliphatic carbocycles. The van der Waals surface area contributed by atoms with Gasteiger partial charge < -0.3 is 5.11 Å². The summed E-state index contributed by atoms with van der Waals surface area (Å²) in [6.45, 7) is 7.76. The van der Waals surface area contributed by atoms with Crippen molar-refractivity contribution in [3.8, 4) is 33.5 Å². The second-order valence-electron chi connectivity index (χ2n) is 8.94. The molecule has 6 rings (SSSR count). The first-order valence-electron chi connectivity index (χ1n) is 10.8. The third-order valence-corrected chi connectivity index (χ3v) is 9.80. The number of aliphatic hydroxyl groups excluding tert-OH is 1. The molecule has 167 valence electrons. The quantitative estimate of drug-likeness (QED) is 0.115. The van der Waals surface area contributed by atoms with Gasteiger partial charge in [-0.3, -0.25) is 9.78 Å². The Hall–Kier alpha value is -2.85. The smallest absolute Gasteiger partial charge is 0.155 e. The molecule has 2 aliphatic rings. The van der Waals surface area contributed by atoms with E-state index in [4.69, 9.17) is 10.1 Å². The van der Waals surface area contributed by atoms with E-state index in [2.05, 4.69) is 73.8 Å². The van der Waals surface area contributed by atoms with E-state index < -0.39 is 8.07 Å². The molecule has 0 saturated carbocycles. The van der Waals surface area contributed by atoms with Gasteiger partial charge in [-0.2, -0.15) is 0 Å². The molecule has 2 heterocycles. The van der Waals surface area contributed by atoms with E-state index in [-0.39, 0.29) is 31.6 Å². The first-order chi connectivity index (χ1) is 15.3. The van der Waals surface area contributed by atoms with Crippen molar-refractivity contribution in [1.29, 1.82) is 0 Å². The molecule has 1 radical (unpaired) electrons. The molecule has 1 N–H and O–H groups in total. The van der Waals surface area contributed by atoms with Crippen LogP contribution in [0.5, 0.6) is 0 Å². The van der Waals surface area contributed by atoms with Crippen LogP contribution in [0.2, 0.25) is 13.1 Å². The van der Waals surface area contributed by atoms with Gasteiger partial charge in [0.2, 0.25) is 0 Å². The third-order valence-electron chi connectivity index (χ3n) is 6.30. The van der Waals surface area contributed by atoms with Gasteiger partial charge in [-0.1, -0.05) is 54.7 Å². The molecule has 1 aliphatic heterocycles. The minimum Gasteiger partial charge on any atom is -0.512 e. The summed E-state index contributed by atoms with van der Waals surface area (Å²) in [7, 11) is -1.79. The van der Waals surface area contributed by atoms with Crippen molar-refractivity contribution in [3.63, 3.8) is 0 Å². The van der Waals surface area contributed by atoms with Crippen LogP contribution in [0.15, 0.2) is 72.5 Å². The number of rotatable bonds is 1. The number of aromatic nitrogens is 1. The zero-order valence-corrected chi connectivity index (χ0v) is 22.4. The van der Waals surface area contributed by atoms with Crippen molar-refractivity contribution < 1.29 is 30.0 Å². The molecule has 3 aromatic carbocycles. The Morgan fingerprint density at radius 1 is 0.970 bits per heavy atom. The van der Waals surface area contributed by atoms with E-state index in [1.165, 1.54) is 69.2 Å². The van der Waals surface area contributed by atoms with Crippen LogP contribution in [0.3, 0.4) is 0 Å². The summed E-state index contributed by atoms with van der Waals surface area (Å²) < 4.78 is 0. The first-order valence-corrected chi connectivity index (χ1v) is 13.8. The molecule has 0 fully saturated rings. The largest absolute Gasteiger partial charge is 0.512 e. The summed E-state index contributed by atoms with van der Waals surface area (Å²) in [6.07, 6.45) is 1.17. The molecule has 33 heavy (non-hydrogen) atoms. The monoisotopic (exact) mass is 627 g/mol. The molecule has 5 heteroatoms. The number of hydrogen-bond acceptors (Lipinski definition) is 3. The van der Waals surface area contributed by atoms with Gasteiger partial charge in [-0.25, -0.2) is 0 Å². The molecule has 0 saturated heterocycles. The van der Waals surface area contributed by atoms with Crippen LogP contribution in [-0.4, -0.2) is 23.9 Å². The van der Waals surface area contributed by atoms with Gasteiger partial charge in [-0.15, -0.1) is 35.0 Å². The predicted molar refractivity (Wildman–Crippen MR) is 134 cm³/mol. The van der Waals surface area contributed by atoms with Gasteiger partial charge in [0, 0.05) is 31.6 Å². The van der Waals surface area contributed by atoms with Crippen molar-refractivity contribution in [2.24, 2.45) is 0 Å². The average Bonchev–Trinajstić information content (AvgIpc) is 3.20. The molecule has 3 nitrogen and oxygen atoms in total. The number of fused-ring (bicyclic) bond motifs is 7. The molecule has 0 unspecified atom stereocenters. The molecule has 0 amide bonds. The Balaban J connectivity index is 0.000000287. The Kier molecular flexibility index (Phi) is 6.00. The predicted octanol–water partition coefficient (Wildman–Crippen LogP) is 5.52. The third kappa shape index (κ3) is 3.61. The Morgan fingerprint density at radius 2 is 1.67 bits per heavy atom. The summed E-state index contributed by atoms with van der Waals surface area (Å²) in [5.74, 6) is -0.0625. The van der Waals surface area contributed by atoms with Crippen molar-refractivity contribution in [2.75, 3.05) is 0 Å². The van der Waals surface area contributed by atoms with E-state index in [1.807, 2.05) is 6.07 Å². The van der Waals surface area contributed by atoms with Gasteiger partial charge in [0.05, 0.1) is 19.3 Å². The number of hydrogen-bond donors (Lipinski definition) is 1. The van der Waals surface area contributed by atoms with Crippen LogP contribution >= 0.6 is 0 Å². The summed E-state index contributed by atoms with van der Waals surface area (Å²) in [4.78, 5) is 15.2. The Labute approximate surface area is 208 Å². The molecule has 1 aromatic heterocycles. The molecule has 0 atom stereocenters. The standard InChI is InChI=1S/C23H16NSi.C5H8O2.Ir/c1-25(2)19-13-6-5-10-17(19)22-23(25)21-16-9-4-3-8-14(16)15-11-7-12-18(24-22)20(15)21;1-4(6)3-5(2)7;/h3-9,11-13H,1-2H3;3,6H,1-2H3;/q-1;;. The maximum absolute atomic E-state index is 10.0. The summed E-state index contributed by atoms with van der Waals surface area (Å²) in [5.41, 5.74) is 9.00. The number of benzene rings is 3. The second kappa shape index (κ2) is 8.49. The minimum absolute atomic E-state index is 0. The van der Waals surface area contributed by atoms with E-state index in [9.17, 15) is 4.79 Å². The fourth-order valence-electron chi connectivity index (χ4n) is 5.12. The van der Waals surface area contributed by atoms with Gasteiger partial charge in [0.1, 0.15) is 0 Å². The summed E-state index contributed by atoms with van der Waals surface area (Å²) >= 11 is 0. The number of ketones is 1. The number of allylic oxidation sites excluding steroid dienone is 2. The van der Waals surface area contributed by atoms with Crippen LogP contribution in [-0.2, 0) is 24.9 Å². The minimum atomic E-state index is -1.79. The molecule has 0 spiro atoms. The topological polar surface area (TPSA) is 50.2 Å². The Bertz CT molecular complexity index is 1450. The van der Waals surface area contributed by atoms with E-state index in [0.717, 1.165) is 5.52 Å². The summed E-state index contributed by atoms with van der Waals surface area (Å²) in [6, 6.07) is 25.3. The molecule has 4 aromatic rings. The number of aliphatic hydroxyl groups is 1. The second-order valence-corrected chi connectivity index (χ2v) is 13.2. The average molecular weight is 627 g/mol. The van der Waals surface area contributed by atoms with E-state index >= 15 is 0 Å². The van der Waals surface area contributed by atoms with Crippen molar-refractivity contribution in [2.45, 2.75) is 26.9 Å². The zero-order chi connectivity index (χ0) is 22.6. The SMILES string of the molecule is CC(=O)C=C(C)O.C[Si]1(C)c2ccc[c-]c2-c2nc3cccc4c3c(c21)-c1ccccc1-4.[Ir]. The fraction of sp³-hybridized carbons (Fsp3) is 0.143. The summed E-state index contributed by atoms with van der Waals surface area (Å²) in [5, 5.41) is 12.7. The zero-order valence-electron chi connectivity index (χ0n) is 19.0. The van der Waals surface area contributed by atoms with Gasteiger partial charge >= 0.3 is 0 Å². The number of pyridine rings is 1. The maximum Gasteiger partial charge on any atom is 0.155 e. The van der Waals surface area contributed by atoms with Gasteiger partial charge in [0.25, 0.3) is 0 Å². The molecular formula is C28H24IrNO2Si-. The van der Waals surface area contributed by atoms with Crippen molar-refractivity contribution in [3.05, 3.63) is 78.6 Å². The van der Waals surface area contributed by atoms with Crippen LogP contribution in [0.4, 0.5) is 0 Å². The van der Waals surface area contributed by atoms with E-state index in [1.54, 1.807) is 0 Å². The van der Waals surface area contributed by atoms with Crippen molar-refractivity contribution >= 4 is 35.1 Å². The van der Waals surface area contributed by atoms with Crippen molar-refractivity contribution in [1.82, 2.24) is 4.98 Å². The van der Waals surface area contributed by atoms with Gasteiger partial charge in [0.15, 0.2) is 5.78 Å². The Morgan fingerprint density at radius 3 is 2.33 bits per heavy atom. The maximum atomic E-state index is 10.0. The van der Waals surface area contributed by atoms with Crippen LogP contribution < -0.4 is 10.4 Å². The van der Waals surface area contributed by atoms with E-state index in [0.29, 0.717) is 0 Å². The normalized spacial score (nSPS) is 13.9. The van der Waals surface area contributed by atoms with Crippen LogP contribution in [0, 0.1) is 6.07 Å². The van der Waals surface area contributed by atoms with Crippen LogP contribution in [0.25, 0.3) is 44.4 Å². The number of carbonyl (C=O) groups is 1.